The summed E-state index contributed by atoms with van der Waals surface area (Å²) in [7, 11) is 0. The van der Waals surface area contributed by atoms with Crippen LogP contribution in [0.4, 0.5) is 13.2 Å². The SMILES string of the molecule is CCC(C)(C)C(=O)NCc1cc(F)cc(F)c1F. The number of halogens is 3. The predicted octanol–water partition coefficient (Wildman–Crippen LogP) is 3.16. The van der Waals surface area contributed by atoms with Crippen LogP contribution in [0.15, 0.2) is 12.1 Å². The van der Waals surface area contributed by atoms with Crippen molar-refractivity contribution in [3.05, 3.63) is 35.1 Å². The summed E-state index contributed by atoms with van der Waals surface area (Å²) in [6, 6.07) is 1.34. The lowest BCUT2D eigenvalue weighted by Gasteiger charge is -2.21. The summed E-state index contributed by atoms with van der Waals surface area (Å²) in [5, 5.41) is 2.47. The van der Waals surface area contributed by atoms with Crippen LogP contribution in [0.1, 0.15) is 32.8 Å². The van der Waals surface area contributed by atoms with E-state index in [1.54, 1.807) is 13.8 Å². The Morgan fingerprint density at radius 1 is 1.28 bits per heavy atom. The molecule has 0 aliphatic carbocycles. The Labute approximate surface area is 104 Å². The molecule has 1 amide bonds. The summed E-state index contributed by atoms with van der Waals surface area (Å²) < 4.78 is 39.2. The molecule has 2 nitrogen and oxygen atoms in total. The lowest BCUT2D eigenvalue weighted by molar-refractivity contribution is -0.129. The van der Waals surface area contributed by atoms with Crippen LogP contribution in [0.5, 0.6) is 0 Å². The van der Waals surface area contributed by atoms with Crippen LogP contribution >= 0.6 is 0 Å². The zero-order chi connectivity index (χ0) is 13.9. The number of hydrogen-bond acceptors (Lipinski definition) is 1. The highest BCUT2D eigenvalue weighted by atomic mass is 19.2. The average Bonchev–Trinajstić information content (AvgIpc) is 2.31. The van der Waals surface area contributed by atoms with Gasteiger partial charge in [-0.1, -0.05) is 20.8 Å². The Balaban J connectivity index is 2.79. The van der Waals surface area contributed by atoms with Crippen molar-refractivity contribution >= 4 is 5.91 Å². The van der Waals surface area contributed by atoms with Crippen molar-refractivity contribution in [1.82, 2.24) is 5.32 Å². The zero-order valence-electron chi connectivity index (χ0n) is 10.6. The van der Waals surface area contributed by atoms with E-state index in [1.165, 1.54) is 0 Å². The maximum absolute atomic E-state index is 13.3. The third-order valence-electron chi connectivity index (χ3n) is 3.01. The summed E-state index contributed by atoms with van der Waals surface area (Å²) in [4.78, 5) is 11.7. The minimum Gasteiger partial charge on any atom is -0.351 e. The average molecular weight is 259 g/mol. The minimum atomic E-state index is -1.26. The Kier molecular flexibility index (Phi) is 4.38. The molecule has 0 saturated carbocycles. The van der Waals surface area contributed by atoms with Crippen molar-refractivity contribution in [3.63, 3.8) is 0 Å². The Morgan fingerprint density at radius 3 is 2.44 bits per heavy atom. The van der Waals surface area contributed by atoms with E-state index in [0.717, 1.165) is 6.07 Å². The van der Waals surface area contributed by atoms with Crippen LogP contribution in [0.3, 0.4) is 0 Å². The number of rotatable bonds is 4. The fraction of sp³-hybridized carbons (Fsp3) is 0.462. The second kappa shape index (κ2) is 5.42. The molecule has 1 rings (SSSR count). The van der Waals surface area contributed by atoms with Gasteiger partial charge in [-0.25, -0.2) is 13.2 Å². The highest BCUT2D eigenvalue weighted by Gasteiger charge is 2.25. The highest BCUT2D eigenvalue weighted by molar-refractivity contribution is 5.81. The second-order valence-electron chi connectivity index (χ2n) is 4.78. The summed E-state index contributed by atoms with van der Waals surface area (Å²) in [6.07, 6.45) is 0.610. The molecule has 18 heavy (non-hydrogen) atoms. The van der Waals surface area contributed by atoms with Crippen LogP contribution in [-0.2, 0) is 11.3 Å². The maximum Gasteiger partial charge on any atom is 0.225 e. The van der Waals surface area contributed by atoms with E-state index < -0.39 is 22.9 Å². The minimum absolute atomic E-state index is 0.201. The Morgan fingerprint density at radius 2 is 1.89 bits per heavy atom. The van der Waals surface area contributed by atoms with Crippen molar-refractivity contribution < 1.29 is 18.0 Å². The molecule has 0 bridgehead atoms. The number of hydrogen-bond donors (Lipinski definition) is 1. The monoisotopic (exact) mass is 259 g/mol. The summed E-state index contributed by atoms with van der Waals surface area (Å²) in [6.45, 7) is 5.10. The van der Waals surface area contributed by atoms with Crippen molar-refractivity contribution in [2.75, 3.05) is 0 Å². The molecule has 0 heterocycles. The molecule has 0 fully saturated rings. The number of amides is 1. The van der Waals surface area contributed by atoms with Gasteiger partial charge in [-0.3, -0.25) is 4.79 Å². The molecular weight excluding hydrogens is 243 g/mol. The molecule has 1 aromatic carbocycles. The third-order valence-corrected chi connectivity index (χ3v) is 3.01. The van der Waals surface area contributed by atoms with Gasteiger partial charge in [0.25, 0.3) is 0 Å². The molecular formula is C13H16F3NO. The van der Waals surface area contributed by atoms with E-state index in [1.807, 2.05) is 6.92 Å². The van der Waals surface area contributed by atoms with Gasteiger partial charge in [-0.15, -0.1) is 0 Å². The standard InChI is InChI=1S/C13H16F3NO/c1-4-13(2,3)12(18)17-7-8-5-9(14)6-10(15)11(8)16/h5-6H,4,7H2,1-3H3,(H,17,18). The fourth-order valence-electron chi connectivity index (χ4n) is 1.31. The number of carbonyl (C=O) groups excluding carboxylic acids is 1. The largest absolute Gasteiger partial charge is 0.351 e. The van der Waals surface area contributed by atoms with Gasteiger partial charge in [-0.05, 0) is 12.5 Å². The first-order chi connectivity index (χ1) is 8.27. The molecule has 0 spiro atoms. The first-order valence-electron chi connectivity index (χ1n) is 5.69. The molecule has 0 saturated heterocycles. The van der Waals surface area contributed by atoms with Gasteiger partial charge in [0.1, 0.15) is 5.82 Å². The van der Waals surface area contributed by atoms with Crippen molar-refractivity contribution in [3.8, 4) is 0 Å². The van der Waals surface area contributed by atoms with E-state index in [-0.39, 0.29) is 18.0 Å². The van der Waals surface area contributed by atoms with E-state index in [4.69, 9.17) is 0 Å². The van der Waals surface area contributed by atoms with E-state index >= 15 is 0 Å². The molecule has 0 unspecified atom stereocenters. The lowest BCUT2D eigenvalue weighted by atomic mass is 9.89. The summed E-state index contributed by atoms with van der Waals surface area (Å²) in [5.74, 6) is -3.54. The van der Waals surface area contributed by atoms with Gasteiger partial charge in [0, 0.05) is 23.6 Å². The summed E-state index contributed by atoms with van der Waals surface area (Å²) >= 11 is 0. The van der Waals surface area contributed by atoms with Crippen molar-refractivity contribution in [2.45, 2.75) is 33.7 Å². The highest BCUT2D eigenvalue weighted by Crippen LogP contribution is 2.20. The van der Waals surface area contributed by atoms with E-state index in [0.29, 0.717) is 12.5 Å². The van der Waals surface area contributed by atoms with Crippen molar-refractivity contribution in [1.29, 1.82) is 0 Å². The van der Waals surface area contributed by atoms with Crippen LogP contribution in [0.25, 0.3) is 0 Å². The number of benzene rings is 1. The fourth-order valence-corrected chi connectivity index (χ4v) is 1.31. The smallest absolute Gasteiger partial charge is 0.225 e. The predicted molar refractivity (Wildman–Crippen MR) is 62.2 cm³/mol. The lowest BCUT2D eigenvalue weighted by Crippen LogP contribution is -2.36. The molecule has 1 N–H and O–H groups in total. The van der Waals surface area contributed by atoms with Crippen LogP contribution in [-0.4, -0.2) is 5.91 Å². The second-order valence-corrected chi connectivity index (χ2v) is 4.78. The van der Waals surface area contributed by atoms with Gasteiger partial charge in [0.2, 0.25) is 5.91 Å². The Bertz CT molecular complexity index is 458. The topological polar surface area (TPSA) is 29.1 Å². The maximum atomic E-state index is 13.3. The Hall–Kier alpha value is -1.52. The number of nitrogens with one attached hydrogen (secondary N) is 1. The van der Waals surface area contributed by atoms with E-state index in [9.17, 15) is 18.0 Å². The molecule has 0 aliphatic heterocycles. The molecule has 0 aromatic heterocycles. The molecule has 0 atom stereocenters. The number of carbonyl (C=O) groups is 1. The normalized spacial score (nSPS) is 11.4. The third kappa shape index (κ3) is 3.24. The van der Waals surface area contributed by atoms with Gasteiger partial charge in [0.05, 0.1) is 0 Å². The molecule has 1 aromatic rings. The quantitative estimate of drug-likeness (QED) is 0.827. The van der Waals surface area contributed by atoms with Gasteiger partial charge < -0.3 is 5.32 Å². The molecule has 100 valence electrons. The zero-order valence-corrected chi connectivity index (χ0v) is 10.6. The first kappa shape index (κ1) is 14.5. The van der Waals surface area contributed by atoms with Crippen LogP contribution in [0.2, 0.25) is 0 Å². The van der Waals surface area contributed by atoms with Gasteiger partial charge in [0.15, 0.2) is 11.6 Å². The van der Waals surface area contributed by atoms with Gasteiger partial charge in [-0.2, -0.15) is 0 Å². The van der Waals surface area contributed by atoms with E-state index in [2.05, 4.69) is 5.32 Å². The summed E-state index contributed by atoms with van der Waals surface area (Å²) in [5.41, 5.74) is -0.796. The van der Waals surface area contributed by atoms with Crippen LogP contribution in [0, 0.1) is 22.9 Å². The molecule has 0 aliphatic rings. The first-order valence-corrected chi connectivity index (χ1v) is 5.69. The van der Waals surface area contributed by atoms with Crippen LogP contribution < -0.4 is 5.32 Å². The van der Waals surface area contributed by atoms with Gasteiger partial charge >= 0.3 is 0 Å². The molecule has 5 heteroatoms. The van der Waals surface area contributed by atoms with Crippen molar-refractivity contribution in [2.24, 2.45) is 5.41 Å². The molecule has 0 radical (unpaired) electrons.